The molecule has 0 rings (SSSR count). The van der Waals surface area contributed by atoms with Gasteiger partial charge in [0.25, 0.3) is 0 Å². The van der Waals surface area contributed by atoms with Crippen LogP contribution in [0.15, 0.2) is 12.2 Å². The average Bonchev–Trinajstić information content (AvgIpc) is 2.56. The van der Waals surface area contributed by atoms with Crippen LogP contribution in [0.4, 0.5) is 4.79 Å². The van der Waals surface area contributed by atoms with Gasteiger partial charge in [-0.1, -0.05) is 44.8 Å². The van der Waals surface area contributed by atoms with Gasteiger partial charge in [0.1, 0.15) is 0 Å². The molecule has 0 saturated heterocycles. The Labute approximate surface area is 142 Å². The molecule has 0 spiro atoms. The van der Waals surface area contributed by atoms with E-state index in [1.807, 2.05) is 0 Å². The third-order valence-electron chi connectivity index (χ3n) is 3.73. The van der Waals surface area contributed by atoms with Crippen LogP contribution in [0.5, 0.6) is 0 Å². The standard InChI is InChI=1S/C19H35N3O/c1-2-3-14-17-21-19(23)22-18-15-12-10-8-6-4-5-7-9-11-13-16-20/h6,8H,2-5,7,9-15,17-18H2,1H3,(H2,21,22,23)/b8-6-. The number of unbranched alkanes of at least 4 members (excludes halogenated alkanes) is 9. The number of urea groups is 1. The molecule has 0 aromatic rings. The maximum atomic E-state index is 11.5. The Balaban J connectivity index is 3.21. The summed E-state index contributed by atoms with van der Waals surface area (Å²) < 4.78 is 0. The molecular weight excluding hydrogens is 286 g/mol. The molecule has 0 aliphatic rings. The molecule has 4 heteroatoms. The Bertz CT molecular complexity index is 334. The van der Waals surface area contributed by atoms with Crippen molar-refractivity contribution in [1.29, 1.82) is 5.26 Å². The van der Waals surface area contributed by atoms with Crippen molar-refractivity contribution in [1.82, 2.24) is 10.6 Å². The molecule has 4 nitrogen and oxygen atoms in total. The third-order valence-corrected chi connectivity index (χ3v) is 3.73. The zero-order chi connectivity index (χ0) is 17.0. The number of hydrogen-bond acceptors (Lipinski definition) is 2. The molecule has 0 aromatic carbocycles. The number of carbonyl (C=O) groups is 1. The first kappa shape index (κ1) is 21.5. The Morgan fingerprint density at radius 2 is 1.43 bits per heavy atom. The van der Waals surface area contributed by atoms with E-state index >= 15 is 0 Å². The van der Waals surface area contributed by atoms with Crippen LogP contribution in [0.1, 0.15) is 84.0 Å². The maximum Gasteiger partial charge on any atom is 0.314 e. The van der Waals surface area contributed by atoms with E-state index in [4.69, 9.17) is 5.26 Å². The largest absolute Gasteiger partial charge is 0.338 e. The number of amides is 2. The minimum absolute atomic E-state index is 0.0342. The number of nitriles is 1. The summed E-state index contributed by atoms with van der Waals surface area (Å²) in [4.78, 5) is 11.5. The van der Waals surface area contributed by atoms with Crippen LogP contribution in [-0.2, 0) is 0 Å². The van der Waals surface area contributed by atoms with Crippen molar-refractivity contribution in [2.45, 2.75) is 84.0 Å². The molecule has 0 heterocycles. The smallest absolute Gasteiger partial charge is 0.314 e. The molecule has 0 saturated carbocycles. The van der Waals surface area contributed by atoms with E-state index < -0.39 is 0 Å². The van der Waals surface area contributed by atoms with Crippen LogP contribution in [0, 0.1) is 11.3 Å². The van der Waals surface area contributed by atoms with Crippen LogP contribution in [0.3, 0.4) is 0 Å². The normalized spacial score (nSPS) is 10.6. The van der Waals surface area contributed by atoms with E-state index in [0.29, 0.717) is 6.42 Å². The highest BCUT2D eigenvalue weighted by atomic mass is 16.2. The summed E-state index contributed by atoms with van der Waals surface area (Å²) in [6.45, 7) is 3.69. The molecule has 0 atom stereocenters. The molecule has 23 heavy (non-hydrogen) atoms. The van der Waals surface area contributed by atoms with Crippen molar-refractivity contribution in [3.8, 4) is 6.07 Å². The molecule has 0 aromatic heterocycles. The number of allylic oxidation sites excluding steroid dienone is 2. The van der Waals surface area contributed by atoms with Crippen LogP contribution < -0.4 is 10.6 Å². The van der Waals surface area contributed by atoms with Gasteiger partial charge in [-0.15, -0.1) is 0 Å². The van der Waals surface area contributed by atoms with E-state index in [1.165, 1.54) is 32.1 Å². The molecule has 0 aliphatic carbocycles. The van der Waals surface area contributed by atoms with Gasteiger partial charge in [0.05, 0.1) is 6.07 Å². The molecule has 0 aliphatic heterocycles. The lowest BCUT2D eigenvalue weighted by Crippen LogP contribution is -2.36. The number of nitrogens with one attached hydrogen (secondary N) is 2. The fourth-order valence-corrected chi connectivity index (χ4v) is 2.28. The predicted octanol–water partition coefficient (Wildman–Crippen LogP) is 5.07. The van der Waals surface area contributed by atoms with Gasteiger partial charge in [-0.3, -0.25) is 0 Å². The molecule has 0 radical (unpaired) electrons. The predicted molar refractivity (Wildman–Crippen MR) is 97.2 cm³/mol. The molecule has 132 valence electrons. The number of rotatable bonds is 15. The van der Waals surface area contributed by atoms with Crippen molar-refractivity contribution < 1.29 is 4.79 Å². The monoisotopic (exact) mass is 321 g/mol. The lowest BCUT2D eigenvalue weighted by Gasteiger charge is -2.06. The summed E-state index contributed by atoms with van der Waals surface area (Å²) in [5.74, 6) is 0. The summed E-state index contributed by atoms with van der Waals surface area (Å²) >= 11 is 0. The van der Waals surface area contributed by atoms with Crippen molar-refractivity contribution >= 4 is 6.03 Å². The van der Waals surface area contributed by atoms with Crippen LogP contribution in [0.2, 0.25) is 0 Å². The third kappa shape index (κ3) is 18.5. The highest BCUT2D eigenvalue weighted by molar-refractivity contribution is 5.73. The first-order valence-corrected chi connectivity index (χ1v) is 9.35. The topological polar surface area (TPSA) is 64.9 Å². The van der Waals surface area contributed by atoms with Gasteiger partial charge in [0.15, 0.2) is 0 Å². The fourth-order valence-electron chi connectivity index (χ4n) is 2.28. The van der Waals surface area contributed by atoms with Crippen molar-refractivity contribution in [3.63, 3.8) is 0 Å². The van der Waals surface area contributed by atoms with E-state index in [9.17, 15) is 4.79 Å². The molecule has 0 fully saturated rings. The van der Waals surface area contributed by atoms with E-state index in [0.717, 1.165) is 51.6 Å². The SMILES string of the molecule is CCCCCNC(=O)NCCCC/C=C\CCCCCCC#N. The first-order chi connectivity index (χ1) is 11.3. The lowest BCUT2D eigenvalue weighted by molar-refractivity contribution is 0.240. The lowest BCUT2D eigenvalue weighted by atomic mass is 10.1. The Morgan fingerprint density at radius 1 is 0.870 bits per heavy atom. The van der Waals surface area contributed by atoms with E-state index in [-0.39, 0.29) is 6.03 Å². The Kier molecular flexibility index (Phi) is 17.3. The Morgan fingerprint density at radius 3 is 2.04 bits per heavy atom. The minimum atomic E-state index is -0.0342. The summed E-state index contributed by atoms with van der Waals surface area (Å²) in [5.41, 5.74) is 0. The summed E-state index contributed by atoms with van der Waals surface area (Å²) in [6, 6.07) is 2.15. The summed E-state index contributed by atoms with van der Waals surface area (Å²) in [7, 11) is 0. The zero-order valence-electron chi connectivity index (χ0n) is 14.9. The zero-order valence-corrected chi connectivity index (χ0v) is 14.9. The van der Waals surface area contributed by atoms with Gasteiger partial charge >= 0.3 is 6.03 Å². The van der Waals surface area contributed by atoms with Crippen molar-refractivity contribution in [3.05, 3.63) is 12.2 Å². The molecule has 2 N–H and O–H groups in total. The van der Waals surface area contributed by atoms with Gasteiger partial charge < -0.3 is 10.6 Å². The fraction of sp³-hybridized carbons (Fsp3) is 0.789. The van der Waals surface area contributed by atoms with E-state index in [1.54, 1.807) is 0 Å². The molecule has 2 amide bonds. The minimum Gasteiger partial charge on any atom is -0.338 e. The Hall–Kier alpha value is -1.50. The summed E-state index contributed by atoms with van der Waals surface area (Å²) in [6.07, 6.45) is 17.7. The van der Waals surface area contributed by atoms with Crippen molar-refractivity contribution in [2.24, 2.45) is 0 Å². The second-order valence-electron chi connectivity index (χ2n) is 5.97. The van der Waals surface area contributed by atoms with Crippen LogP contribution in [0.25, 0.3) is 0 Å². The van der Waals surface area contributed by atoms with Gasteiger partial charge in [0.2, 0.25) is 0 Å². The van der Waals surface area contributed by atoms with Crippen LogP contribution in [-0.4, -0.2) is 19.1 Å². The van der Waals surface area contributed by atoms with Gasteiger partial charge in [0, 0.05) is 19.5 Å². The number of carbonyl (C=O) groups excluding carboxylic acids is 1. The number of hydrogen-bond donors (Lipinski definition) is 2. The summed E-state index contributed by atoms with van der Waals surface area (Å²) in [5, 5.41) is 14.2. The van der Waals surface area contributed by atoms with Gasteiger partial charge in [-0.2, -0.15) is 5.26 Å². The highest BCUT2D eigenvalue weighted by Crippen LogP contribution is 2.06. The second kappa shape index (κ2) is 18.5. The van der Waals surface area contributed by atoms with Crippen LogP contribution >= 0.6 is 0 Å². The molecular formula is C19H35N3O. The average molecular weight is 322 g/mol. The quantitative estimate of drug-likeness (QED) is 0.327. The van der Waals surface area contributed by atoms with Gasteiger partial charge in [-0.25, -0.2) is 4.79 Å². The van der Waals surface area contributed by atoms with Crippen molar-refractivity contribution in [2.75, 3.05) is 13.1 Å². The van der Waals surface area contributed by atoms with Gasteiger partial charge in [-0.05, 0) is 44.9 Å². The molecule has 0 unspecified atom stereocenters. The maximum absolute atomic E-state index is 11.5. The first-order valence-electron chi connectivity index (χ1n) is 9.35. The highest BCUT2D eigenvalue weighted by Gasteiger charge is 1.97. The molecule has 0 bridgehead atoms. The second-order valence-corrected chi connectivity index (χ2v) is 5.97. The number of nitrogens with zero attached hydrogens (tertiary/aromatic N) is 1. The van der Waals surface area contributed by atoms with E-state index in [2.05, 4.69) is 35.8 Å².